The van der Waals surface area contributed by atoms with Crippen molar-refractivity contribution in [2.75, 3.05) is 6.54 Å². The van der Waals surface area contributed by atoms with Gasteiger partial charge in [-0.2, -0.15) is 0 Å². The van der Waals surface area contributed by atoms with Crippen LogP contribution in [0.1, 0.15) is 35.2 Å². The Morgan fingerprint density at radius 2 is 1.72 bits per heavy atom. The Hall–Kier alpha value is -3.54. The van der Waals surface area contributed by atoms with Crippen molar-refractivity contribution < 1.29 is 4.79 Å². The molecule has 0 radical (unpaired) electrons. The SMILES string of the molecule is Cn1c(C2CCCN2C(=O)c2ccc3ccccc3n2)nc2ccccc2c1=O. The minimum absolute atomic E-state index is 0.0891. The first-order chi connectivity index (χ1) is 14.1. The number of hydrogen-bond donors (Lipinski definition) is 0. The molecule has 1 fully saturated rings. The van der Waals surface area contributed by atoms with Crippen LogP contribution in [0.2, 0.25) is 0 Å². The molecule has 29 heavy (non-hydrogen) atoms. The maximum atomic E-state index is 13.3. The van der Waals surface area contributed by atoms with Crippen LogP contribution in [0.4, 0.5) is 0 Å². The Morgan fingerprint density at radius 3 is 2.59 bits per heavy atom. The van der Waals surface area contributed by atoms with Gasteiger partial charge >= 0.3 is 0 Å². The number of likely N-dealkylation sites (tertiary alicyclic amines) is 1. The summed E-state index contributed by atoms with van der Waals surface area (Å²) >= 11 is 0. The van der Waals surface area contributed by atoms with E-state index in [4.69, 9.17) is 4.98 Å². The van der Waals surface area contributed by atoms with E-state index in [1.54, 1.807) is 28.6 Å². The lowest BCUT2D eigenvalue weighted by Crippen LogP contribution is -2.35. The van der Waals surface area contributed by atoms with Crippen molar-refractivity contribution in [1.29, 1.82) is 0 Å². The monoisotopic (exact) mass is 384 g/mol. The second kappa shape index (κ2) is 6.81. The fourth-order valence-corrected chi connectivity index (χ4v) is 4.14. The van der Waals surface area contributed by atoms with Gasteiger partial charge in [0, 0.05) is 19.0 Å². The highest BCUT2D eigenvalue weighted by atomic mass is 16.2. The number of benzene rings is 2. The van der Waals surface area contributed by atoms with Crippen molar-refractivity contribution in [3.63, 3.8) is 0 Å². The van der Waals surface area contributed by atoms with Gasteiger partial charge in [0.25, 0.3) is 11.5 Å². The van der Waals surface area contributed by atoms with E-state index in [2.05, 4.69) is 4.98 Å². The number of fused-ring (bicyclic) bond motifs is 2. The second-order valence-corrected chi connectivity index (χ2v) is 7.40. The third-order valence-corrected chi connectivity index (χ3v) is 5.65. The van der Waals surface area contributed by atoms with E-state index in [0.717, 1.165) is 23.7 Å². The van der Waals surface area contributed by atoms with Gasteiger partial charge in [0.2, 0.25) is 0 Å². The molecule has 3 heterocycles. The zero-order chi connectivity index (χ0) is 20.0. The van der Waals surface area contributed by atoms with Crippen molar-refractivity contribution in [2.45, 2.75) is 18.9 Å². The van der Waals surface area contributed by atoms with Crippen LogP contribution in [-0.2, 0) is 7.05 Å². The fraction of sp³-hybridized carbons (Fsp3) is 0.217. The van der Waals surface area contributed by atoms with Gasteiger partial charge in [-0.1, -0.05) is 36.4 Å². The highest BCUT2D eigenvalue weighted by molar-refractivity contribution is 5.95. The molecule has 1 atom stereocenters. The molecule has 6 heteroatoms. The predicted octanol–water partition coefficient (Wildman–Crippen LogP) is 3.46. The standard InChI is InChI=1S/C23H20N4O2/c1-26-21(25-18-10-5-3-8-16(18)22(26)28)20-11-6-14-27(20)23(29)19-13-12-15-7-2-4-9-17(15)24-19/h2-5,7-10,12-13,20H,6,11,14H2,1H3. The van der Waals surface area contributed by atoms with E-state index < -0.39 is 0 Å². The molecule has 0 bridgehead atoms. The molecule has 5 rings (SSSR count). The van der Waals surface area contributed by atoms with Crippen molar-refractivity contribution in [3.8, 4) is 0 Å². The van der Waals surface area contributed by atoms with E-state index in [1.165, 1.54) is 0 Å². The summed E-state index contributed by atoms with van der Waals surface area (Å²) in [5.41, 5.74) is 1.79. The minimum Gasteiger partial charge on any atom is -0.327 e. The molecule has 4 aromatic rings. The number of amides is 1. The topological polar surface area (TPSA) is 68.1 Å². The summed E-state index contributed by atoms with van der Waals surface area (Å²) < 4.78 is 1.58. The van der Waals surface area contributed by atoms with Crippen LogP contribution in [0, 0.1) is 0 Å². The Morgan fingerprint density at radius 1 is 0.966 bits per heavy atom. The zero-order valence-corrected chi connectivity index (χ0v) is 16.1. The quantitative estimate of drug-likeness (QED) is 0.531. The lowest BCUT2D eigenvalue weighted by atomic mass is 10.1. The van der Waals surface area contributed by atoms with Gasteiger partial charge in [-0.25, -0.2) is 9.97 Å². The van der Waals surface area contributed by atoms with Crippen LogP contribution in [0.5, 0.6) is 0 Å². The molecule has 0 N–H and O–H groups in total. The van der Waals surface area contributed by atoms with Gasteiger partial charge in [0.15, 0.2) is 0 Å². The molecular weight excluding hydrogens is 364 g/mol. The highest BCUT2D eigenvalue weighted by Crippen LogP contribution is 2.32. The van der Waals surface area contributed by atoms with E-state index in [0.29, 0.717) is 29.0 Å². The maximum absolute atomic E-state index is 13.3. The summed E-state index contributed by atoms with van der Waals surface area (Å²) in [5, 5.41) is 1.59. The van der Waals surface area contributed by atoms with E-state index in [9.17, 15) is 9.59 Å². The average molecular weight is 384 g/mol. The van der Waals surface area contributed by atoms with Crippen LogP contribution in [0.25, 0.3) is 21.8 Å². The van der Waals surface area contributed by atoms with Gasteiger partial charge in [-0.15, -0.1) is 0 Å². The molecule has 1 saturated heterocycles. The van der Waals surface area contributed by atoms with Crippen molar-refractivity contribution in [1.82, 2.24) is 19.4 Å². The number of para-hydroxylation sites is 2. The third kappa shape index (κ3) is 2.88. The van der Waals surface area contributed by atoms with Crippen LogP contribution < -0.4 is 5.56 Å². The Kier molecular flexibility index (Phi) is 4.12. The zero-order valence-electron chi connectivity index (χ0n) is 16.1. The first kappa shape index (κ1) is 17.6. The minimum atomic E-state index is -0.238. The van der Waals surface area contributed by atoms with Crippen molar-refractivity contribution in [2.24, 2.45) is 7.05 Å². The van der Waals surface area contributed by atoms with Crippen LogP contribution >= 0.6 is 0 Å². The molecular formula is C23H20N4O2. The summed E-state index contributed by atoms with van der Waals surface area (Å²) in [6.07, 6.45) is 1.64. The van der Waals surface area contributed by atoms with Gasteiger partial charge in [-0.05, 0) is 37.1 Å². The molecule has 1 amide bonds. The third-order valence-electron chi connectivity index (χ3n) is 5.65. The summed E-state index contributed by atoms with van der Waals surface area (Å²) in [7, 11) is 1.73. The summed E-state index contributed by atoms with van der Waals surface area (Å²) in [5.74, 6) is 0.501. The number of carbonyl (C=O) groups is 1. The average Bonchev–Trinajstić information content (AvgIpc) is 3.25. The molecule has 0 saturated carbocycles. The van der Waals surface area contributed by atoms with Crippen molar-refractivity contribution >= 4 is 27.7 Å². The number of rotatable bonds is 2. The second-order valence-electron chi connectivity index (χ2n) is 7.40. The van der Waals surface area contributed by atoms with Crippen LogP contribution in [0.15, 0.2) is 65.5 Å². The lowest BCUT2D eigenvalue weighted by molar-refractivity contribution is 0.0722. The number of carbonyl (C=O) groups excluding carboxylic acids is 1. The Labute approximate surface area is 167 Å². The van der Waals surface area contributed by atoms with Gasteiger partial charge < -0.3 is 4.90 Å². The molecule has 144 valence electrons. The molecule has 1 unspecified atom stereocenters. The maximum Gasteiger partial charge on any atom is 0.273 e. The van der Waals surface area contributed by atoms with E-state index in [-0.39, 0.29) is 17.5 Å². The van der Waals surface area contributed by atoms with E-state index >= 15 is 0 Å². The molecule has 1 aliphatic heterocycles. The van der Waals surface area contributed by atoms with Crippen molar-refractivity contribution in [3.05, 3.63) is 82.5 Å². The van der Waals surface area contributed by atoms with Gasteiger partial charge in [0.1, 0.15) is 11.5 Å². The highest BCUT2D eigenvalue weighted by Gasteiger charge is 2.34. The summed E-state index contributed by atoms with van der Waals surface area (Å²) in [6.45, 7) is 0.626. The molecule has 6 nitrogen and oxygen atoms in total. The first-order valence-electron chi connectivity index (χ1n) is 9.76. The predicted molar refractivity (Wildman–Crippen MR) is 112 cm³/mol. The number of hydrogen-bond acceptors (Lipinski definition) is 4. The van der Waals surface area contributed by atoms with Gasteiger partial charge in [-0.3, -0.25) is 14.2 Å². The normalized spacial score (nSPS) is 16.6. The Bertz CT molecular complexity index is 1310. The number of aromatic nitrogens is 3. The van der Waals surface area contributed by atoms with Gasteiger partial charge in [0.05, 0.1) is 22.5 Å². The molecule has 0 spiro atoms. The Balaban J connectivity index is 1.56. The molecule has 0 aliphatic carbocycles. The molecule has 2 aromatic heterocycles. The summed E-state index contributed by atoms with van der Waals surface area (Å²) in [4.78, 5) is 37.2. The summed E-state index contributed by atoms with van der Waals surface area (Å²) in [6, 6.07) is 18.5. The molecule has 1 aliphatic rings. The largest absolute Gasteiger partial charge is 0.327 e. The van der Waals surface area contributed by atoms with E-state index in [1.807, 2.05) is 48.5 Å². The molecule has 2 aromatic carbocycles. The van der Waals surface area contributed by atoms with Crippen LogP contribution in [0.3, 0.4) is 0 Å². The number of nitrogens with zero attached hydrogens (tertiary/aromatic N) is 4. The van der Waals surface area contributed by atoms with Crippen LogP contribution in [-0.4, -0.2) is 31.9 Å². The first-order valence-corrected chi connectivity index (χ1v) is 9.76. The fourth-order valence-electron chi connectivity index (χ4n) is 4.14. The smallest absolute Gasteiger partial charge is 0.273 e. The number of pyridine rings is 1. The lowest BCUT2D eigenvalue weighted by Gasteiger charge is -2.25.